The monoisotopic (exact) mass is 664 g/mol. The van der Waals surface area contributed by atoms with Crippen LogP contribution in [0, 0.1) is 90.0 Å². The lowest BCUT2D eigenvalue weighted by Crippen LogP contribution is -1.91. The van der Waals surface area contributed by atoms with E-state index in [1.807, 2.05) is 115 Å². The Hall–Kier alpha value is -5.12. The molecular formula is C39H56N10. The third kappa shape index (κ3) is 15.6. The van der Waals surface area contributed by atoms with Crippen LogP contribution in [0.2, 0.25) is 0 Å². The fraction of sp³-hybridized carbons (Fsp3) is 0.385. The van der Waals surface area contributed by atoms with Gasteiger partial charge in [0.2, 0.25) is 0 Å². The van der Waals surface area contributed by atoms with Gasteiger partial charge < -0.3 is 4.57 Å². The molecule has 0 N–H and O–H groups in total. The van der Waals surface area contributed by atoms with Crippen LogP contribution in [0.1, 0.15) is 73.4 Å². The quantitative estimate of drug-likeness (QED) is 0.161. The van der Waals surface area contributed by atoms with Crippen molar-refractivity contribution in [2.75, 3.05) is 0 Å². The Morgan fingerprint density at radius 1 is 0.449 bits per heavy atom. The van der Waals surface area contributed by atoms with E-state index < -0.39 is 0 Å². The van der Waals surface area contributed by atoms with Gasteiger partial charge in [0.25, 0.3) is 0 Å². The summed E-state index contributed by atoms with van der Waals surface area (Å²) in [6.07, 6.45) is 12.4. The van der Waals surface area contributed by atoms with Gasteiger partial charge in [-0.05, 0) is 136 Å². The summed E-state index contributed by atoms with van der Waals surface area (Å²) in [5.41, 5.74) is 15.2. The average molecular weight is 665 g/mol. The van der Waals surface area contributed by atoms with Gasteiger partial charge in [0.15, 0.2) is 0 Å². The lowest BCUT2D eigenvalue weighted by Gasteiger charge is -1.99. The molecule has 0 aromatic carbocycles. The molecule has 0 saturated carbocycles. The van der Waals surface area contributed by atoms with E-state index in [9.17, 15) is 0 Å². The molecule has 0 fully saturated rings. The number of aromatic nitrogens is 10. The van der Waals surface area contributed by atoms with E-state index in [4.69, 9.17) is 0 Å². The molecule has 0 amide bonds. The molecule has 10 heteroatoms. The van der Waals surface area contributed by atoms with Gasteiger partial charge in [0.1, 0.15) is 0 Å². The van der Waals surface area contributed by atoms with Crippen molar-refractivity contribution in [2.45, 2.75) is 90.0 Å². The number of aryl methyl sites for hydroxylation is 12. The Kier molecular flexibility index (Phi) is 18.6. The van der Waals surface area contributed by atoms with E-state index in [1.54, 1.807) is 18.6 Å². The Morgan fingerprint density at radius 2 is 1.00 bits per heavy atom. The van der Waals surface area contributed by atoms with Crippen molar-refractivity contribution >= 4 is 0 Å². The Balaban J connectivity index is 0.000000294. The summed E-state index contributed by atoms with van der Waals surface area (Å²) in [6, 6.07) is 7.98. The van der Waals surface area contributed by atoms with Gasteiger partial charge in [-0.3, -0.25) is 24.6 Å². The maximum atomic E-state index is 4.14. The van der Waals surface area contributed by atoms with Crippen LogP contribution in [0.3, 0.4) is 0 Å². The first-order valence-corrected chi connectivity index (χ1v) is 16.2. The predicted octanol–water partition coefficient (Wildman–Crippen LogP) is 7.97. The predicted molar refractivity (Wildman–Crippen MR) is 201 cm³/mol. The van der Waals surface area contributed by atoms with Crippen molar-refractivity contribution in [3.05, 3.63) is 141 Å². The van der Waals surface area contributed by atoms with Gasteiger partial charge in [-0.1, -0.05) is 6.07 Å². The zero-order chi connectivity index (χ0) is 37.1. The molecule has 49 heavy (non-hydrogen) atoms. The molecule has 6 aromatic heterocycles. The smallest absolute Gasteiger partial charge is 0.0948 e. The van der Waals surface area contributed by atoms with Crippen molar-refractivity contribution in [3.63, 3.8) is 0 Å². The van der Waals surface area contributed by atoms with E-state index in [0.29, 0.717) is 0 Å². The molecule has 0 radical (unpaired) electrons. The molecule has 0 saturated heterocycles. The fourth-order valence-corrected chi connectivity index (χ4v) is 3.49. The molecule has 0 aliphatic heterocycles. The molecule has 262 valence electrons. The normalized spacial score (nSPS) is 9.53. The minimum atomic E-state index is 1.01. The van der Waals surface area contributed by atoms with Crippen LogP contribution in [0.5, 0.6) is 0 Å². The summed E-state index contributed by atoms with van der Waals surface area (Å²) < 4.78 is 3.88. The number of hydrogen-bond acceptors (Lipinski definition) is 8. The summed E-state index contributed by atoms with van der Waals surface area (Å²) in [4.78, 5) is 20.3. The van der Waals surface area contributed by atoms with Gasteiger partial charge in [-0.25, -0.2) is 4.98 Å². The summed E-state index contributed by atoms with van der Waals surface area (Å²) >= 11 is 0. The number of rotatable bonds is 0. The molecule has 6 rings (SSSR count). The van der Waals surface area contributed by atoms with Crippen LogP contribution in [0.15, 0.2) is 67.8 Å². The van der Waals surface area contributed by atoms with Gasteiger partial charge >= 0.3 is 0 Å². The molecule has 0 aliphatic carbocycles. The zero-order valence-corrected chi connectivity index (χ0v) is 32.3. The van der Waals surface area contributed by atoms with Crippen molar-refractivity contribution < 1.29 is 0 Å². The second kappa shape index (κ2) is 21.7. The standard InChI is InChI=1S/C8H11N.C7H9N.2C6H10N2.2C6H8N2/c1-6-4-5-9-8(3)7(6)2;1-6-4-3-5-8-7(6)2;1-5-6(2)8(3)4-7-5;1-5-4-7-8(3)6(5)2;1-5-6(2)8-4-3-7-5;1-5-3-4-7-8-6(5)2/h4-5H,1-3H3;3-5H,1-2H3;2*4H,1-3H3;2*3-4H,1-2H3. The zero-order valence-electron chi connectivity index (χ0n) is 32.3. The Morgan fingerprint density at radius 3 is 1.29 bits per heavy atom. The van der Waals surface area contributed by atoms with Crippen molar-refractivity contribution in [1.82, 2.24) is 49.5 Å². The third-order valence-electron chi connectivity index (χ3n) is 8.25. The van der Waals surface area contributed by atoms with Crippen molar-refractivity contribution in [3.8, 4) is 0 Å². The molecule has 10 nitrogen and oxygen atoms in total. The first-order valence-electron chi connectivity index (χ1n) is 16.2. The Bertz CT molecular complexity index is 1570. The highest BCUT2D eigenvalue weighted by atomic mass is 15.3. The van der Waals surface area contributed by atoms with Gasteiger partial charge in [0, 0.05) is 67.9 Å². The second-order valence-corrected chi connectivity index (χ2v) is 11.8. The number of hydrogen-bond donors (Lipinski definition) is 0. The minimum Gasteiger partial charge on any atom is -0.338 e. The first kappa shape index (κ1) is 41.9. The van der Waals surface area contributed by atoms with Crippen LogP contribution in [-0.2, 0) is 14.1 Å². The largest absolute Gasteiger partial charge is 0.338 e. The first-order chi connectivity index (χ1) is 23.1. The summed E-state index contributed by atoms with van der Waals surface area (Å²) in [6.45, 7) is 26.3. The van der Waals surface area contributed by atoms with Crippen molar-refractivity contribution in [1.29, 1.82) is 0 Å². The topological polar surface area (TPSA) is 113 Å². The lowest BCUT2D eigenvalue weighted by molar-refractivity contribution is 0.739. The molecule has 0 bridgehead atoms. The van der Waals surface area contributed by atoms with Gasteiger partial charge in [0.05, 0.1) is 35.3 Å². The molecule has 0 aliphatic rings. The maximum Gasteiger partial charge on any atom is 0.0948 e. The number of nitrogens with zero attached hydrogens (tertiary/aromatic N) is 10. The van der Waals surface area contributed by atoms with Crippen LogP contribution in [0.25, 0.3) is 0 Å². The number of imidazole rings is 1. The summed E-state index contributed by atoms with van der Waals surface area (Å²) in [5, 5.41) is 11.6. The van der Waals surface area contributed by atoms with E-state index in [-0.39, 0.29) is 0 Å². The highest BCUT2D eigenvalue weighted by Crippen LogP contribution is 2.07. The second-order valence-electron chi connectivity index (χ2n) is 11.8. The molecule has 0 atom stereocenters. The Labute approximate surface area is 294 Å². The summed E-state index contributed by atoms with van der Waals surface area (Å²) in [5.74, 6) is 0. The summed E-state index contributed by atoms with van der Waals surface area (Å²) in [7, 11) is 3.94. The maximum absolute atomic E-state index is 4.14. The highest BCUT2D eigenvalue weighted by Gasteiger charge is 1.95. The van der Waals surface area contributed by atoms with Crippen molar-refractivity contribution in [2.24, 2.45) is 14.1 Å². The average Bonchev–Trinajstić information content (AvgIpc) is 3.54. The highest BCUT2D eigenvalue weighted by molar-refractivity contribution is 5.25. The number of pyridine rings is 2. The van der Waals surface area contributed by atoms with E-state index in [2.05, 4.69) is 87.8 Å². The van der Waals surface area contributed by atoms with Gasteiger partial charge in [-0.15, -0.1) is 0 Å². The third-order valence-corrected chi connectivity index (χ3v) is 8.25. The molecule has 6 aromatic rings. The van der Waals surface area contributed by atoms with E-state index in [1.165, 1.54) is 39.2 Å². The molecule has 0 unspecified atom stereocenters. The molecule has 6 heterocycles. The fourth-order valence-electron chi connectivity index (χ4n) is 3.49. The van der Waals surface area contributed by atoms with Crippen LogP contribution in [-0.4, -0.2) is 49.5 Å². The minimum absolute atomic E-state index is 1.01. The van der Waals surface area contributed by atoms with Crippen LogP contribution >= 0.6 is 0 Å². The molecule has 0 spiro atoms. The van der Waals surface area contributed by atoms with Crippen LogP contribution < -0.4 is 0 Å². The lowest BCUT2D eigenvalue weighted by atomic mass is 10.1. The van der Waals surface area contributed by atoms with E-state index in [0.717, 1.165) is 34.2 Å². The van der Waals surface area contributed by atoms with Gasteiger partial charge in [-0.2, -0.15) is 15.3 Å². The SMILES string of the molecule is Cc1cccnc1C.Cc1ccnc(C)c1C.Cc1ccnnc1C.Cc1cnn(C)c1C.Cc1nccnc1C.Cc1ncn(C)c1C. The van der Waals surface area contributed by atoms with E-state index >= 15 is 0 Å². The molecular weight excluding hydrogens is 608 g/mol. The van der Waals surface area contributed by atoms with Crippen LogP contribution in [0.4, 0.5) is 0 Å².